The van der Waals surface area contributed by atoms with Gasteiger partial charge in [-0.1, -0.05) is 23.7 Å². The van der Waals surface area contributed by atoms with E-state index in [0.29, 0.717) is 23.9 Å². The molecule has 0 atom stereocenters. The van der Waals surface area contributed by atoms with Gasteiger partial charge in [-0.05, 0) is 36.2 Å². The Hall–Kier alpha value is -1.67. The fraction of sp³-hybridized carbons (Fsp3) is 0.235. The molecule has 130 valence electrons. The summed E-state index contributed by atoms with van der Waals surface area (Å²) in [6, 6.07) is 13.1. The number of rotatable bonds is 6. The first-order valence-electron chi connectivity index (χ1n) is 7.16. The summed E-state index contributed by atoms with van der Waals surface area (Å²) in [5.41, 5.74) is 7.72. The van der Waals surface area contributed by atoms with E-state index in [0.717, 1.165) is 22.7 Å². The average molecular weight is 462 g/mol. The number of nitrogens with one attached hydrogen (secondary N) is 1. The number of methoxy groups -OCH3 is 2. The number of nitrogens with zero attached hydrogens (tertiary/aromatic N) is 1. The highest BCUT2D eigenvalue weighted by molar-refractivity contribution is 14.0. The summed E-state index contributed by atoms with van der Waals surface area (Å²) >= 11 is 6.20. The Labute approximate surface area is 164 Å². The Morgan fingerprint density at radius 3 is 2.50 bits per heavy atom. The van der Waals surface area contributed by atoms with Gasteiger partial charge >= 0.3 is 0 Å². The van der Waals surface area contributed by atoms with E-state index in [4.69, 9.17) is 26.8 Å². The van der Waals surface area contributed by atoms with E-state index in [-0.39, 0.29) is 24.0 Å². The zero-order chi connectivity index (χ0) is 16.7. The van der Waals surface area contributed by atoms with Crippen LogP contribution in [-0.2, 0) is 6.42 Å². The number of hydrogen-bond acceptors (Lipinski definition) is 3. The highest BCUT2D eigenvalue weighted by Gasteiger charge is 2.02. The fourth-order valence-corrected chi connectivity index (χ4v) is 2.31. The molecule has 24 heavy (non-hydrogen) atoms. The van der Waals surface area contributed by atoms with E-state index < -0.39 is 0 Å². The van der Waals surface area contributed by atoms with Gasteiger partial charge in [0.1, 0.15) is 11.5 Å². The van der Waals surface area contributed by atoms with E-state index in [1.807, 2.05) is 36.4 Å². The van der Waals surface area contributed by atoms with Crippen molar-refractivity contribution < 1.29 is 9.47 Å². The molecule has 0 radical (unpaired) electrons. The standard InChI is InChI=1S/C17H20ClN3O2.HI/c1-22-14-5-3-4-13(10-14)21-17(19)20-9-8-12-6-7-15(23-2)11-16(12)18;/h3-7,10-11H,8-9H2,1-2H3,(H3,19,20,21);1H. The third kappa shape index (κ3) is 6.09. The van der Waals surface area contributed by atoms with Crippen LogP contribution in [0.5, 0.6) is 11.5 Å². The number of halogens is 2. The fourth-order valence-electron chi connectivity index (χ4n) is 2.04. The van der Waals surface area contributed by atoms with Crippen molar-refractivity contribution in [3.8, 4) is 11.5 Å². The maximum absolute atomic E-state index is 6.20. The van der Waals surface area contributed by atoms with Gasteiger partial charge in [0.15, 0.2) is 5.96 Å². The van der Waals surface area contributed by atoms with Crippen molar-refractivity contribution in [2.45, 2.75) is 6.42 Å². The predicted octanol–water partition coefficient (Wildman–Crippen LogP) is 3.94. The van der Waals surface area contributed by atoms with Crippen LogP contribution >= 0.6 is 35.6 Å². The summed E-state index contributed by atoms with van der Waals surface area (Å²) in [6.07, 6.45) is 0.698. The second-order valence-corrected chi connectivity index (χ2v) is 5.24. The van der Waals surface area contributed by atoms with Crippen molar-refractivity contribution in [1.82, 2.24) is 0 Å². The van der Waals surface area contributed by atoms with Gasteiger partial charge in [-0.15, -0.1) is 24.0 Å². The molecule has 0 saturated heterocycles. The topological polar surface area (TPSA) is 68.9 Å². The van der Waals surface area contributed by atoms with E-state index in [9.17, 15) is 0 Å². The molecule has 5 nitrogen and oxygen atoms in total. The van der Waals surface area contributed by atoms with Gasteiger partial charge in [-0.25, -0.2) is 0 Å². The maximum atomic E-state index is 6.20. The van der Waals surface area contributed by atoms with Crippen LogP contribution in [0.15, 0.2) is 47.5 Å². The van der Waals surface area contributed by atoms with Crippen LogP contribution in [0.25, 0.3) is 0 Å². The zero-order valence-electron chi connectivity index (χ0n) is 13.6. The second kappa shape index (κ2) is 10.2. The molecule has 2 rings (SSSR count). The molecule has 0 bridgehead atoms. The molecule has 0 aliphatic carbocycles. The van der Waals surface area contributed by atoms with Crippen molar-refractivity contribution >= 4 is 47.2 Å². The third-order valence-electron chi connectivity index (χ3n) is 3.27. The van der Waals surface area contributed by atoms with Crippen LogP contribution in [0, 0.1) is 0 Å². The van der Waals surface area contributed by atoms with Crippen LogP contribution in [0.3, 0.4) is 0 Å². The molecule has 0 aliphatic rings. The van der Waals surface area contributed by atoms with Gasteiger partial charge in [-0.2, -0.15) is 0 Å². The maximum Gasteiger partial charge on any atom is 0.193 e. The molecule has 0 spiro atoms. The summed E-state index contributed by atoms with van der Waals surface area (Å²) in [6.45, 7) is 0.537. The molecule has 0 saturated carbocycles. The first kappa shape index (κ1) is 20.4. The SMILES string of the molecule is COc1cccc(NC(N)=NCCc2ccc(OC)cc2Cl)c1.I. The number of ether oxygens (including phenoxy) is 2. The van der Waals surface area contributed by atoms with Gasteiger partial charge < -0.3 is 20.5 Å². The molecular weight excluding hydrogens is 441 g/mol. The average Bonchev–Trinajstić information content (AvgIpc) is 2.56. The molecule has 0 aromatic heterocycles. The highest BCUT2D eigenvalue weighted by Crippen LogP contribution is 2.22. The highest BCUT2D eigenvalue weighted by atomic mass is 127. The number of benzene rings is 2. The Kier molecular flexibility index (Phi) is 8.70. The first-order valence-corrected chi connectivity index (χ1v) is 7.53. The Morgan fingerprint density at radius 1 is 1.12 bits per heavy atom. The number of nitrogens with two attached hydrogens (primary N) is 1. The minimum absolute atomic E-state index is 0. The Bertz CT molecular complexity index is 695. The van der Waals surface area contributed by atoms with Crippen molar-refractivity contribution in [3.05, 3.63) is 53.1 Å². The van der Waals surface area contributed by atoms with Crippen molar-refractivity contribution in [1.29, 1.82) is 0 Å². The van der Waals surface area contributed by atoms with Crippen LogP contribution < -0.4 is 20.5 Å². The lowest BCUT2D eigenvalue weighted by atomic mass is 10.1. The molecule has 0 aliphatic heterocycles. The van der Waals surface area contributed by atoms with Crippen LogP contribution in [0.4, 0.5) is 5.69 Å². The predicted molar refractivity (Wildman–Crippen MR) is 110 cm³/mol. The van der Waals surface area contributed by atoms with Gasteiger partial charge in [0.25, 0.3) is 0 Å². The summed E-state index contributed by atoms with van der Waals surface area (Å²) in [4.78, 5) is 4.31. The van der Waals surface area contributed by atoms with Gasteiger partial charge in [0.05, 0.1) is 14.2 Å². The quantitative estimate of drug-likeness (QED) is 0.388. The van der Waals surface area contributed by atoms with E-state index in [1.165, 1.54) is 0 Å². The van der Waals surface area contributed by atoms with Gasteiger partial charge in [0, 0.05) is 23.3 Å². The minimum Gasteiger partial charge on any atom is -0.497 e. The van der Waals surface area contributed by atoms with E-state index >= 15 is 0 Å². The van der Waals surface area contributed by atoms with Gasteiger partial charge in [-0.3, -0.25) is 4.99 Å². The number of anilines is 1. The van der Waals surface area contributed by atoms with E-state index in [2.05, 4.69) is 10.3 Å². The number of aliphatic imine (C=N–C) groups is 1. The van der Waals surface area contributed by atoms with E-state index in [1.54, 1.807) is 20.3 Å². The van der Waals surface area contributed by atoms with Gasteiger partial charge in [0.2, 0.25) is 0 Å². The molecule has 0 amide bonds. The molecule has 0 unspecified atom stereocenters. The normalized spacial score (nSPS) is 10.7. The van der Waals surface area contributed by atoms with Crippen molar-refractivity contribution in [2.75, 3.05) is 26.1 Å². The lowest BCUT2D eigenvalue weighted by Crippen LogP contribution is -2.23. The third-order valence-corrected chi connectivity index (χ3v) is 3.62. The molecule has 2 aromatic rings. The molecule has 0 fully saturated rings. The first-order chi connectivity index (χ1) is 11.1. The van der Waals surface area contributed by atoms with Crippen molar-refractivity contribution in [3.63, 3.8) is 0 Å². The molecule has 0 heterocycles. The molecule has 2 aromatic carbocycles. The summed E-state index contributed by atoms with van der Waals surface area (Å²) in [5, 5.41) is 3.70. The monoisotopic (exact) mass is 461 g/mol. The molecule has 3 N–H and O–H groups in total. The largest absolute Gasteiger partial charge is 0.497 e. The lowest BCUT2D eigenvalue weighted by Gasteiger charge is -2.08. The zero-order valence-corrected chi connectivity index (χ0v) is 16.7. The Balaban J connectivity index is 0.00000288. The van der Waals surface area contributed by atoms with Crippen molar-refractivity contribution in [2.24, 2.45) is 10.7 Å². The Morgan fingerprint density at radius 2 is 1.83 bits per heavy atom. The number of hydrogen-bond donors (Lipinski definition) is 2. The molecular formula is C17H21ClIN3O2. The smallest absolute Gasteiger partial charge is 0.193 e. The van der Waals surface area contributed by atoms with Crippen LogP contribution in [0.1, 0.15) is 5.56 Å². The second-order valence-electron chi connectivity index (χ2n) is 4.83. The summed E-state index contributed by atoms with van der Waals surface area (Å²) < 4.78 is 10.3. The summed E-state index contributed by atoms with van der Waals surface area (Å²) in [7, 11) is 3.23. The molecule has 7 heteroatoms. The minimum atomic E-state index is 0. The number of guanidine groups is 1. The van der Waals surface area contributed by atoms with Crippen LogP contribution in [0.2, 0.25) is 5.02 Å². The van der Waals surface area contributed by atoms with Crippen LogP contribution in [-0.4, -0.2) is 26.7 Å². The lowest BCUT2D eigenvalue weighted by molar-refractivity contribution is 0.414. The summed E-state index contributed by atoms with van der Waals surface area (Å²) in [5.74, 6) is 1.84.